The average molecular weight is 245 g/mol. The lowest BCUT2D eigenvalue weighted by atomic mass is 10.3. The second-order valence-corrected chi connectivity index (χ2v) is 4.01. The summed E-state index contributed by atoms with van der Waals surface area (Å²) in [6.07, 6.45) is 1.09. The van der Waals surface area contributed by atoms with Crippen molar-refractivity contribution in [1.29, 1.82) is 0 Å². The van der Waals surface area contributed by atoms with Crippen molar-refractivity contribution in [1.82, 2.24) is 0 Å². The quantitative estimate of drug-likeness (QED) is 0.840. The molecule has 0 bridgehead atoms. The summed E-state index contributed by atoms with van der Waals surface area (Å²) in [7, 11) is 0. The zero-order valence-corrected chi connectivity index (χ0v) is 10.3. The molecule has 0 radical (unpaired) electrons. The number of halogens is 1. The van der Waals surface area contributed by atoms with Crippen molar-refractivity contribution in [2.75, 3.05) is 11.9 Å². The number of nitrogens with one attached hydrogen (secondary N) is 1. The van der Waals surface area contributed by atoms with Crippen LogP contribution in [0.3, 0.4) is 0 Å². The molecule has 0 atom stereocenters. The number of ether oxygens (including phenoxy) is 1. The predicted octanol–water partition coefficient (Wildman–Crippen LogP) is 4.44. The number of rotatable bonds is 5. The molecule has 3 heteroatoms. The van der Waals surface area contributed by atoms with Crippen LogP contribution in [-0.4, -0.2) is 6.54 Å². The van der Waals surface area contributed by atoms with Gasteiger partial charge < -0.3 is 10.1 Å². The Morgan fingerprint density at radius 2 is 1.50 bits per heavy atom. The summed E-state index contributed by atoms with van der Waals surface area (Å²) < 4.78 is 18.3. The topological polar surface area (TPSA) is 21.3 Å². The molecule has 2 rings (SSSR count). The van der Waals surface area contributed by atoms with Crippen molar-refractivity contribution in [2.45, 2.75) is 13.3 Å². The zero-order chi connectivity index (χ0) is 12.8. The zero-order valence-electron chi connectivity index (χ0n) is 10.3. The fraction of sp³-hybridized carbons (Fsp3) is 0.200. The second-order valence-electron chi connectivity index (χ2n) is 4.01. The van der Waals surface area contributed by atoms with Crippen molar-refractivity contribution >= 4 is 5.69 Å². The SMILES string of the molecule is CCCNc1ccc(Oc2ccc(F)cc2)cc1. The van der Waals surface area contributed by atoms with E-state index in [1.165, 1.54) is 12.1 Å². The van der Waals surface area contributed by atoms with Gasteiger partial charge in [0.15, 0.2) is 0 Å². The Kier molecular flexibility index (Phi) is 4.18. The Morgan fingerprint density at radius 3 is 2.06 bits per heavy atom. The summed E-state index contributed by atoms with van der Waals surface area (Å²) in [6, 6.07) is 13.7. The smallest absolute Gasteiger partial charge is 0.127 e. The molecule has 0 aliphatic heterocycles. The highest BCUT2D eigenvalue weighted by atomic mass is 19.1. The summed E-state index contributed by atoms with van der Waals surface area (Å²) in [4.78, 5) is 0. The molecule has 2 aromatic rings. The van der Waals surface area contributed by atoms with E-state index in [1.54, 1.807) is 12.1 Å². The maximum Gasteiger partial charge on any atom is 0.127 e. The molecule has 0 heterocycles. The number of anilines is 1. The lowest BCUT2D eigenvalue weighted by Crippen LogP contribution is -1.98. The molecule has 2 aromatic carbocycles. The lowest BCUT2D eigenvalue weighted by Gasteiger charge is -2.08. The van der Waals surface area contributed by atoms with Gasteiger partial charge in [0.25, 0.3) is 0 Å². The van der Waals surface area contributed by atoms with Crippen LogP contribution in [0, 0.1) is 5.82 Å². The monoisotopic (exact) mass is 245 g/mol. The van der Waals surface area contributed by atoms with Crippen molar-refractivity contribution in [3.63, 3.8) is 0 Å². The highest BCUT2D eigenvalue weighted by Gasteiger charge is 1.98. The fourth-order valence-corrected chi connectivity index (χ4v) is 1.55. The van der Waals surface area contributed by atoms with Crippen LogP contribution in [-0.2, 0) is 0 Å². The molecule has 0 amide bonds. The first-order valence-corrected chi connectivity index (χ1v) is 6.05. The van der Waals surface area contributed by atoms with Gasteiger partial charge in [-0.1, -0.05) is 6.92 Å². The molecule has 0 fully saturated rings. The lowest BCUT2D eigenvalue weighted by molar-refractivity contribution is 0.480. The van der Waals surface area contributed by atoms with Gasteiger partial charge in [0.1, 0.15) is 17.3 Å². The van der Waals surface area contributed by atoms with Gasteiger partial charge in [-0.05, 0) is 55.0 Å². The number of hydrogen-bond acceptors (Lipinski definition) is 2. The molecule has 1 N–H and O–H groups in total. The van der Waals surface area contributed by atoms with Crippen molar-refractivity contribution in [3.8, 4) is 11.5 Å². The van der Waals surface area contributed by atoms with Crippen LogP contribution >= 0.6 is 0 Å². The summed E-state index contributed by atoms with van der Waals surface area (Å²) in [5.74, 6) is 1.11. The van der Waals surface area contributed by atoms with E-state index in [0.717, 1.165) is 24.4 Å². The van der Waals surface area contributed by atoms with Gasteiger partial charge in [0.2, 0.25) is 0 Å². The van der Waals surface area contributed by atoms with Crippen molar-refractivity contribution in [3.05, 3.63) is 54.3 Å². The van der Waals surface area contributed by atoms with Crippen LogP contribution in [0.1, 0.15) is 13.3 Å². The maximum atomic E-state index is 12.7. The molecule has 0 aliphatic carbocycles. The first-order chi connectivity index (χ1) is 8.78. The molecule has 0 saturated heterocycles. The van der Waals surface area contributed by atoms with Crippen LogP contribution in [0.5, 0.6) is 11.5 Å². The first-order valence-electron chi connectivity index (χ1n) is 6.05. The van der Waals surface area contributed by atoms with Gasteiger partial charge in [0.05, 0.1) is 0 Å². The van der Waals surface area contributed by atoms with E-state index in [9.17, 15) is 4.39 Å². The molecular weight excluding hydrogens is 229 g/mol. The minimum Gasteiger partial charge on any atom is -0.457 e. The van der Waals surface area contributed by atoms with Gasteiger partial charge in [-0.25, -0.2) is 4.39 Å². The van der Waals surface area contributed by atoms with Crippen LogP contribution in [0.25, 0.3) is 0 Å². The molecule has 0 saturated carbocycles. The van der Waals surface area contributed by atoms with E-state index in [4.69, 9.17) is 4.74 Å². The Labute approximate surface area is 106 Å². The second kappa shape index (κ2) is 6.05. The van der Waals surface area contributed by atoms with E-state index in [1.807, 2.05) is 24.3 Å². The highest BCUT2D eigenvalue weighted by Crippen LogP contribution is 2.23. The third-order valence-electron chi connectivity index (χ3n) is 2.48. The average Bonchev–Trinajstić information content (AvgIpc) is 2.41. The molecule has 0 aromatic heterocycles. The van der Waals surface area contributed by atoms with Crippen LogP contribution in [0.15, 0.2) is 48.5 Å². The van der Waals surface area contributed by atoms with Crippen LogP contribution in [0.4, 0.5) is 10.1 Å². The maximum absolute atomic E-state index is 12.7. The van der Waals surface area contributed by atoms with Crippen molar-refractivity contribution in [2.24, 2.45) is 0 Å². The van der Waals surface area contributed by atoms with E-state index in [0.29, 0.717) is 5.75 Å². The summed E-state index contributed by atoms with van der Waals surface area (Å²) in [6.45, 7) is 3.08. The Morgan fingerprint density at radius 1 is 0.944 bits per heavy atom. The minimum absolute atomic E-state index is 0.263. The van der Waals surface area contributed by atoms with E-state index in [2.05, 4.69) is 12.2 Å². The Hall–Kier alpha value is -2.03. The fourth-order valence-electron chi connectivity index (χ4n) is 1.55. The van der Waals surface area contributed by atoms with E-state index in [-0.39, 0.29) is 5.82 Å². The molecule has 2 nitrogen and oxygen atoms in total. The molecular formula is C15H16FNO. The number of benzene rings is 2. The molecule has 0 spiro atoms. The first kappa shape index (κ1) is 12.4. The highest BCUT2D eigenvalue weighted by molar-refractivity contribution is 5.47. The molecule has 0 unspecified atom stereocenters. The standard InChI is InChI=1S/C15H16FNO/c1-2-11-17-13-5-9-15(10-6-13)18-14-7-3-12(16)4-8-14/h3-10,17H,2,11H2,1H3. The summed E-state index contributed by atoms with van der Waals surface area (Å²) in [5.41, 5.74) is 1.07. The van der Waals surface area contributed by atoms with Crippen LogP contribution in [0.2, 0.25) is 0 Å². The van der Waals surface area contributed by atoms with Gasteiger partial charge in [-0.3, -0.25) is 0 Å². The normalized spacial score (nSPS) is 10.1. The molecule has 94 valence electrons. The third kappa shape index (κ3) is 3.48. The Bertz CT molecular complexity index is 479. The van der Waals surface area contributed by atoms with Gasteiger partial charge in [-0.15, -0.1) is 0 Å². The van der Waals surface area contributed by atoms with Crippen molar-refractivity contribution < 1.29 is 9.13 Å². The Balaban J connectivity index is 1.99. The molecule has 18 heavy (non-hydrogen) atoms. The van der Waals surface area contributed by atoms with Gasteiger partial charge in [-0.2, -0.15) is 0 Å². The number of hydrogen-bond donors (Lipinski definition) is 1. The summed E-state index contributed by atoms with van der Waals surface area (Å²) >= 11 is 0. The van der Waals surface area contributed by atoms with Gasteiger partial charge >= 0.3 is 0 Å². The van der Waals surface area contributed by atoms with E-state index >= 15 is 0 Å². The van der Waals surface area contributed by atoms with E-state index < -0.39 is 0 Å². The van der Waals surface area contributed by atoms with Gasteiger partial charge in [0, 0.05) is 12.2 Å². The molecule has 0 aliphatic rings. The predicted molar refractivity (Wildman–Crippen MR) is 71.7 cm³/mol. The van der Waals surface area contributed by atoms with Crippen LogP contribution < -0.4 is 10.1 Å². The largest absolute Gasteiger partial charge is 0.457 e. The third-order valence-corrected chi connectivity index (χ3v) is 2.48. The summed E-state index contributed by atoms with van der Waals surface area (Å²) in [5, 5.41) is 3.29. The minimum atomic E-state index is -0.263.